The third-order valence-electron chi connectivity index (χ3n) is 3.91. The zero-order valence-electron chi connectivity index (χ0n) is 11.4. The average molecular weight is 247 g/mol. The van der Waals surface area contributed by atoms with Crippen molar-refractivity contribution in [2.45, 2.75) is 45.7 Å². The number of likely N-dealkylation sites (tertiary alicyclic amines) is 1. The van der Waals surface area contributed by atoms with Gasteiger partial charge in [0, 0.05) is 19.3 Å². The first-order valence-electron chi connectivity index (χ1n) is 7.18. The zero-order valence-corrected chi connectivity index (χ0v) is 11.4. The third kappa shape index (κ3) is 3.79. The van der Waals surface area contributed by atoms with Gasteiger partial charge in [-0.2, -0.15) is 0 Å². The van der Waals surface area contributed by atoms with Gasteiger partial charge in [0.15, 0.2) is 0 Å². The minimum absolute atomic E-state index is 0.579. The second kappa shape index (κ2) is 6.86. The van der Waals surface area contributed by atoms with Crippen LogP contribution in [0.5, 0.6) is 0 Å². The van der Waals surface area contributed by atoms with Gasteiger partial charge >= 0.3 is 0 Å². The van der Waals surface area contributed by atoms with Crippen LogP contribution in [0.15, 0.2) is 18.3 Å². The topological polar surface area (TPSA) is 42.1 Å². The fourth-order valence-electron chi connectivity index (χ4n) is 2.74. The van der Waals surface area contributed by atoms with E-state index in [1.807, 2.05) is 6.20 Å². The molecule has 2 N–H and O–H groups in total. The molecule has 0 spiro atoms. The van der Waals surface area contributed by atoms with E-state index in [1.54, 1.807) is 0 Å². The molecule has 0 aromatic carbocycles. The molecule has 1 aromatic heterocycles. The van der Waals surface area contributed by atoms with Gasteiger partial charge in [0.05, 0.1) is 5.69 Å². The second-order valence-corrected chi connectivity index (χ2v) is 5.37. The van der Waals surface area contributed by atoms with Crippen LogP contribution in [0.2, 0.25) is 0 Å². The largest absolute Gasteiger partial charge is 0.326 e. The molecule has 18 heavy (non-hydrogen) atoms. The second-order valence-electron chi connectivity index (χ2n) is 5.37. The first-order chi connectivity index (χ1) is 8.81. The summed E-state index contributed by atoms with van der Waals surface area (Å²) in [7, 11) is 0. The quantitative estimate of drug-likeness (QED) is 0.869. The third-order valence-corrected chi connectivity index (χ3v) is 3.91. The molecule has 0 aliphatic carbocycles. The predicted octanol–water partition coefficient (Wildman–Crippen LogP) is 2.55. The van der Waals surface area contributed by atoms with Gasteiger partial charge in [-0.1, -0.05) is 25.8 Å². The Bertz CT molecular complexity index is 339. The van der Waals surface area contributed by atoms with Crippen LogP contribution in [-0.4, -0.2) is 23.0 Å². The van der Waals surface area contributed by atoms with Crippen molar-refractivity contribution in [3.8, 4) is 0 Å². The van der Waals surface area contributed by atoms with Gasteiger partial charge in [0.2, 0.25) is 0 Å². The van der Waals surface area contributed by atoms with Crippen molar-refractivity contribution in [3.63, 3.8) is 0 Å². The molecule has 2 rings (SSSR count). The van der Waals surface area contributed by atoms with Gasteiger partial charge in [-0.05, 0) is 43.5 Å². The lowest BCUT2D eigenvalue weighted by molar-refractivity contribution is 0.170. The Morgan fingerprint density at radius 2 is 2.11 bits per heavy atom. The molecule has 0 atom stereocenters. The molecule has 1 fully saturated rings. The minimum atomic E-state index is 0.579. The summed E-state index contributed by atoms with van der Waals surface area (Å²) in [6.45, 7) is 6.31. The molecule has 3 nitrogen and oxygen atoms in total. The molecule has 100 valence electrons. The highest BCUT2D eigenvalue weighted by atomic mass is 15.1. The Balaban J connectivity index is 1.80. The predicted molar refractivity (Wildman–Crippen MR) is 75.0 cm³/mol. The summed E-state index contributed by atoms with van der Waals surface area (Å²) >= 11 is 0. The van der Waals surface area contributed by atoms with Gasteiger partial charge < -0.3 is 5.73 Å². The van der Waals surface area contributed by atoms with Crippen LogP contribution in [0, 0.1) is 5.92 Å². The van der Waals surface area contributed by atoms with Crippen LogP contribution in [0.3, 0.4) is 0 Å². The fourth-order valence-corrected chi connectivity index (χ4v) is 2.74. The highest BCUT2D eigenvalue weighted by molar-refractivity contribution is 5.13. The molecule has 0 saturated carbocycles. The van der Waals surface area contributed by atoms with Gasteiger partial charge in [-0.25, -0.2) is 0 Å². The molecule has 1 saturated heterocycles. The van der Waals surface area contributed by atoms with Crippen molar-refractivity contribution in [2.24, 2.45) is 11.7 Å². The monoisotopic (exact) mass is 247 g/mol. The van der Waals surface area contributed by atoms with E-state index in [0.29, 0.717) is 6.54 Å². The summed E-state index contributed by atoms with van der Waals surface area (Å²) in [5.74, 6) is 0.957. The molecule has 3 heteroatoms. The zero-order chi connectivity index (χ0) is 12.8. The van der Waals surface area contributed by atoms with Crippen LogP contribution in [0.25, 0.3) is 0 Å². The maximum Gasteiger partial charge on any atom is 0.0544 e. The van der Waals surface area contributed by atoms with Crippen molar-refractivity contribution in [2.75, 3.05) is 13.1 Å². The number of hydrogen-bond acceptors (Lipinski definition) is 3. The molecule has 1 aliphatic rings. The van der Waals surface area contributed by atoms with Crippen molar-refractivity contribution in [1.29, 1.82) is 0 Å². The van der Waals surface area contributed by atoms with E-state index >= 15 is 0 Å². The number of nitrogens with zero attached hydrogens (tertiary/aromatic N) is 2. The van der Waals surface area contributed by atoms with E-state index in [4.69, 9.17) is 5.73 Å². The lowest BCUT2D eigenvalue weighted by Gasteiger charge is -2.31. The van der Waals surface area contributed by atoms with Gasteiger partial charge in [0.25, 0.3) is 0 Å². The summed E-state index contributed by atoms with van der Waals surface area (Å²) in [4.78, 5) is 7.00. The summed E-state index contributed by atoms with van der Waals surface area (Å²) in [6, 6.07) is 4.20. The molecule has 0 radical (unpaired) electrons. The van der Waals surface area contributed by atoms with Gasteiger partial charge in [-0.15, -0.1) is 0 Å². The van der Waals surface area contributed by atoms with Crippen molar-refractivity contribution in [3.05, 3.63) is 29.6 Å². The van der Waals surface area contributed by atoms with Gasteiger partial charge in [0.1, 0.15) is 0 Å². The van der Waals surface area contributed by atoms with E-state index < -0.39 is 0 Å². The summed E-state index contributed by atoms with van der Waals surface area (Å²) in [5, 5.41) is 0. The van der Waals surface area contributed by atoms with Crippen molar-refractivity contribution in [1.82, 2.24) is 9.88 Å². The van der Waals surface area contributed by atoms with Crippen LogP contribution in [-0.2, 0) is 13.1 Å². The van der Waals surface area contributed by atoms with E-state index in [1.165, 1.54) is 44.5 Å². The Morgan fingerprint density at radius 1 is 1.33 bits per heavy atom. The standard InChI is InChI=1S/C15H25N3/c1-2-3-13-6-8-18(9-7-13)12-15-5-4-14(10-16)11-17-15/h4-5,11,13H,2-3,6-10,12,16H2,1H3. The van der Waals surface area contributed by atoms with Crippen LogP contribution in [0.1, 0.15) is 43.9 Å². The molecular formula is C15H25N3. The highest BCUT2D eigenvalue weighted by Crippen LogP contribution is 2.22. The SMILES string of the molecule is CCCC1CCN(Cc2ccc(CN)cn2)CC1. The normalized spacial score (nSPS) is 18.1. The number of rotatable bonds is 5. The molecule has 0 bridgehead atoms. The average Bonchev–Trinajstić information content (AvgIpc) is 2.42. The Labute approximate surface area is 110 Å². The number of nitrogens with two attached hydrogens (primary N) is 1. The first kappa shape index (κ1) is 13.5. The number of aromatic nitrogens is 1. The first-order valence-corrected chi connectivity index (χ1v) is 7.18. The Kier molecular flexibility index (Phi) is 5.14. The Hall–Kier alpha value is -0.930. The van der Waals surface area contributed by atoms with Crippen LogP contribution in [0.4, 0.5) is 0 Å². The number of piperidine rings is 1. The summed E-state index contributed by atoms with van der Waals surface area (Å²) in [6.07, 6.45) is 7.34. The molecule has 1 aromatic rings. The van der Waals surface area contributed by atoms with Crippen LogP contribution < -0.4 is 5.73 Å². The van der Waals surface area contributed by atoms with E-state index in [9.17, 15) is 0 Å². The number of pyridine rings is 1. The highest BCUT2D eigenvalue weighted by Gasteiger charge is 2.18. The molecule has 0 unspecified atom stereocenters. The minimum Gasteiger partial charge on any atom is -0.326 e. The molecular weight excluding hydrogens is 222 g/mol. The molecule has 0 amide bonds. The van der Waals surface area contributed by atoms with Crippen LogP contribution >= 0.6 is 0 Å². The summed E-state index contributed by atoms with van der Waals surface area (Å²) < 4.78 is 0. The smallest absolute Gasteiger partial charge is 0.0544 e. The Morgan fingerprint density at radius 3 is 2.67 bits per heavy atom. The molecule has 1 aliphatic heterocycles. The fraction of sp³-hybridized carbons (Fsp3) is 0.667. The maximum absolute atomic E-state index is 5.58. The molecule has 2 heterocycles. The van der Waals surface area contributed by atoms with E-state index in [2.05, 4.69) is 28.9 Å². The van der Waals surface area contributed by atoms with E-state index in [0.717, 1.165) is 18.0 Å². The maximum atomic E-state index is 5.58. The lowest BCUT2D eigenvalue weighted by Crippen LogP contribution is -2.33. The lowest BCUT2D eigenvalue weighted by atomic mass is 9.92. The summed E-state index contributed by atoms with van der Waals surface area (Å²) in [5.41, 5.74) is 7.86. The van der Waals surface area contributed by atoms with Gasteiger partial charge in [-0.3, -0.25) is 9.88 Å². The van der Waals surface area contributed by atoms with Crippen molar-refractivity contribution >= 4 is 0 Å². The number of hydrogen-bond donors (Lipinski definition) is 1. The van der Waals surface area contributed by atoms with E-state index in [-0.39, 0.29) is 0 Å². The van der Waals surface area contributed by atoms with Crippen molar-refractivity contribution < 1.29 is 0 Å².